The average molecular weight is 301 g/mol. The zero-order valence-electron chi connectivity index (χ0n) is 14.4. The number of rotatable bonds is 4. The highest BCUT2D eigenvalue weighted by atomic mass is 15.2. The predicted molar refractivity (Wildman–Crippen MR) is 94.8 cm³/mol. The van der Waals surface area contributed by atoms with Crippen LogP contribution in [-0.4, -0.2) is 50.2 Å². The predicted octanol–water partition coefficient (Wildman–Crippen LogP) is 3.07. The van der Waals surface area contributed by atoms with Crippen LogP contribution in [0.25, 0.3) is 0 Å². The van der Waals surface area contributed by atoms with Gasteiger partial charge in [-0.15, -0.1) is 0 Å². The third kappa shape index (κ3) is 3.47. The van der Waals surface area contributed by atoms with E-state index in [4.69, 9.17) is 0 Å². The first-order chi connectivity index (χ1) is 10.6. The van der Waals surface area contributed by atoms with Crippen molar-refractivity contribution in [1.82, 2.24) is 10.2 Å². The lowest BCUT2D eigenvalue weighted by Gasteiger charge is -2.37. The highest BCUT2D eigenvalue weighted by molar-refractivity contribution is 5.56. The Hall–Kier alpha value is -1.06. The molecule has 0 aliphatic carbocycles. The molecule has 2 heterocycles. The van der Waals surface area contributed by atoms with E-state index >= 15 is 0 Å². The van der Waals surface area contributed by atoms with E-state index in [2.05, 4.69) is 60.3 Å². The molecular weight excluding hydrogens is 270 g/mol. The van der Waals surface area contributed by atoms with Gasteiger partial charge in [-0.2, -0.15) is 0 Å². The van der Waals surface area contributed by atoms with Crippen LogP contribution in [-0.2, 0) is 0 Å². The fourth-order valence-corrected chi connectivity index (χ4v) is 3.95. The van der Waals surface area contributed by atoms with Crippen molar-refractivity contribution in [2.45, 2.75) is 51.1 Å². The van der Waals surface area contributed by atoms with Gasteiger partial charge in [0, 0.05) is 43.8 Å². The van der Waals surface area contributed by atoms with Gasteiger partial charge >= 0.3 is 0 Å². The van der Waals surface area contributed by atoms with Crippen molar-refractivity contribution in [3.8, 4) is 0 Å². The van der Waals surface area contributed by atoms with Gasteiger partial charge in [-0.05, 0) is 57.8 Å². The van der Waals surface area contributed by atoms with Crippen LogP contribution >= 0.6 is 0 Å². The second-order valence-electron chi connectivity index (χ2n) is 7.28. The number of likely N-dealkylation sites (tertiary alicyclic amines) is 1. The lowest BCUT2D eigenvalue weighted by Crippen LogP contribution is -2.46. The first-order valence-corrected chi connectivity index (χ1v) is 8.92. The molecule has 1 atom stereocenters. The van der Waals surface area contributed by atoms with Crippen LogP contribution in [0.2, 0.25) is 0 Å². The Bertz CT molecular complexity index is 477. The third-order valence-corrected chi connectivity index (χ3v) is 5.51. The van der Waals surface area contributed by atoms with Crippen LogP contribution in [0.3, 0.4) is 0 Å². The highest BCUT2D eigenvalue weighted by Crippen LogP contribution is 2.33. The Balaban J connectivity index is 1.54. The second kappa shape index (κ2) is 7.01. The molecule has 0 unspecified atom stereocenters. The van der Waals surface area contributed by atoms with Crippen LogP contribution in [0.15, 0.2) is 24.3 Å². The topological polar surface area (TPSA) is 18.5 Å². The molecule has 0 saturated carbocycles. The van der Waals surface area contributed by atoms with Crippen molar-refractivity contribution in [3.63, 3.8) is 0 Å². The molecule has 1 fully saturated rings. The first kappa shape index (κ1) is 15.8. The summed E-state index contributed by atoms with van der Waals surface area (Å²) in [6, 6.07) is 10.3. The van der Waals surface area contributed by atoms with Crippen LogP contribution in [0.1, 0.15) is 44.6 Å². The number of anilines is 1. The maximum Gasteiger partial charge on any atom is 0.0399 e. The summed E-state index contributed by atoms with van der Waals surface area (Å²) in [5, 5.41) is 3.86. The second-order valence-corrected chi connectivity index (χ2v) is 7.28. The molecule has 2 aliphatic heterocycles. The summed E-state index contributed by atoms with van der Waals surface area (Å²) in [6.45, 7) is 9.43. The van der Waals surface area contributed by atoms with Gasteiger partial charge in [-0.3, -0.25) is 0 Å². The molecule has 1 saturated heterocycles. The summed E-state index contributed by atoms with van der Waals surface area (Å²) in [4.78, 5) is 5.00. The van der Waals surface area contributed by atoms with E-state index in [-0.39, 0.29) is 0 Å². The van der Waals surface area contributed by atoms with Crippen molar-refractivity contribution in [2.75, 3.05) is 38.1 Å². The quantitative estimate of drug-likeness (QED) is 0.922. The largest absolute Gasteiger partial charge is 0.374 e. The summed E-state index contributed by atoms with van der Waals surface area (Å²) < 4.78 is 0. The van der Waals surface area contributed by atoms with Crippen LogP contribution in [0.4, 0.5) is 5.69 Å². The molecule has 0 radical (unpaired) electrons. The maximum atomic E-state index is 3.86. The SMILES string of the molecule is CC(C)N1CCC(NC[C@@H]2CCN(C)c3ccccc32)CC1. The number of piperidine rings is 1. The fraction of sp³-hybridized carbons (Fsp3) is 0.684. The summed E-state index contributed by atoms with van der Waals surface area (Å²) in [6.07, 6.45) is 3.87. The lowest BCUT2D eigenvalue weighted by molar-refractivity contribution is 0.160. The van der Waals surface area contributed by atoms with Crippen molar-refractivity contribution in [2.24, 2.45) is 0 Å². The Morgan fingerprint density at radius 3 is 2.55 bits per heavy atom. The molecule has 1 N–H and O–H groups in total. The van der Waals surface area contributed by atoms with E-state index in [0.29, 0.717) is 18.0 Å². The minimum atomic E-state index is 0.676. The maximum absolute atomic E-state index is 3.86. The monoisotopic (exact) mass is 301 g/mol. The number of hydrogen-bond acceptors (Lipinski definition) is 3. The van der Waals surface area contributed by atoms with Gasteiger partial charge in [-0.1, -0.05) is 18.2 Å². The number of para-hydroxylation sites is 1. The van der Waals surface area contributed by atoms with Crippen molar-refractivity contribution in [3.05, 3.63) is 29.8 Å². The zero-order chi connectivity index (χ0) is 15.5. The summed E-state index contributed by atoms with van der Waals surface area (Å²) >= 11 is 0. The van der Waals surface area contributed by atoms with Crippen LogP contribution < -0.4 is 10.2 Å². The van der Waals surface area contributed by atoms with Crippen LogP contribution in [0.5, 0.6) is 0 Å². The molecular formula is C19H31N3. The lowest BCUT2D eigenvalue weighted by atomic mass is 9.89. The number of nitrogens with zero attached hydrogens (tertiary/aromatic N) is 2. The van der Waals surface area contributed by atoms with Gasteiger partial charge in [0.1, 0.15) is 0 Å². The molecule has 1 aromatic rings. The molecule has 0 spiro atoms. The van der Waals surface area contributed by atoms with E-state index in [1.165, 1.54) is 50.1 Å². The van der Waals surface area contributed by atoms with E-state index in [1.807, 2.05) is 0 Å². The summed E-state index contributed by atoms with van der Waals surface area (Å²) in [7, 11) is 2.21. The minimum Gasteiger partial charge on any atom is -0.374 e. The third-order valence-electron chi connectivity index (χ3n) is 5.51. The van der Waals surface area contributed by atoms with Gasteiger partial charge in [0.15, 0.2) is 0 Å². The Kier molecular flexibility index (Phi) is 5.04. The Morgan fingerprint density at radius 1 is 1.09 bits per heavy atom. The number of benzene rings is 1. The van der Waals surface area contributed by atoms with Crippen molar-refractivity contribution in [1.29, 1.82) is 0 Å². The van der Waals surface area contributed by atoms with E-state index in [1.54, 1.807) is 0 Å². The molecule has 2 aliphatic rings. The smallest absolute Gasteiger partial charge is 0.0399 e. The van der Waals surface area contributed by atoms with E-state index < -0.39 is 0 Å². The van der Waals surface area contributed by atoms with Gasteiger partial charge < -0.3 is 15.1 Å². The average Bonchev–Trinajstić information content (AvgIpc) is 2.55. The highest BCUT2D eigenvalue weighted by Gasteiger charge is 2.25. The van der Waals surface area contributed by atoms with Gasteiger partial charge in [0.05, 0.1) is 0 Å². The molecule has 22 heavy (non-hydrogen) atoms. The molecule has 3 heteroatoms. The van der Waals surface area contributed by atoms with E-state index in [0.717, 1.165) is 6.54 Å². The molecule has 3 rings (SSSR count). The summed E-state index contributed by atoms with van der Waals surface area (Å²) in [5.74, 6) is 0.676. The number of nitrogens with one attached hydrogen (secondary N) is 1. The molecule has 122 valence electrons. The minimum absolute atomic E-state index is 0.676. The first-order valence-electron chi connectivity index (χ1n) is 8.92. The van der Waals surface area contributed by atoms with Gasteiger partial charge in [-0.25, -0.2) is 0 Å². The standard InChI is InChI=1S/C19H31N3/c1-15(2)22-12-9-17(10-13-22)20-14-16-8-11-21(3)19-7-5-4-6-18(16)19/h4-7,15-17,20H,8-14H2,1-3H3/t16-/m0/s1. The van der Waals surface area contributed by atoms with Crippen LogP contribution in [0, 0.1) is 0 Å². The fourth-order valence-electron chi connectivity index (χ4n) is 3.95. The van der Waals surface area contributed by atoms with Gasteiger partial charge in [0.2, 0.25) is 0 Å². The molecule has 0 amide bonds. The number of fused-ring (bicyclic) bond motifs is 1. The number of hydrogen-bond donors (Lipinski definition) is 1. The molecule has 3 nitrogen and oxygen atoms in total. The van der Waals surface area contributed by atoms with Crippen molar-refractivity contribution >= 4 is 5.69 Å². The van der Waals surface area contributed by atoms with Gasteiger partial charge in [0.25, 0.3) is 0 Å². The molecule has 0 bridgehead atoms. The Morgan fingerprint density at radius 2 is 1.82 bits per heavy atom. The zero-order valence-corrected chi connectivity index (χ0v) is 14.4. The Labute approximate surface area is 135 Å². The van der Waals surface area contributed by atoms with Crippen molar-refractivity contribution < 1.29 is 0 Å². The molecule has 0 aromatic heterocycles. The van der Waals surface area contributed by atoms with E-state index in [9.17, 15) is 0 Å². The summed E-state index contributed by atoms with van der Waals surface area (Å²) in [5.41, 5.74) is 2.96. The normalized spacial score (nSPS) is 23.8. The molecule has 1 aromatic carbocycles.